The Morgan fingerprint density at radius 2 is 1.39 bits per heavy atom. The Bertz CT molecular complexity index is 1120. The van der Waals surface area contributed by atoms with Crippen LogP contribution in [0.3, 0.4) is 0 Å². The normalized spacial score (nSPS) is 18.5. The summed E-state index contributed by atoms with van der Waals surface area (Å²) >= 11 is 1.75. The Morgan fingerprint density at radius 1 is 0.889 bits per heavy atom. The van der Waals surface area contributed by atoms with Gasteiger partial charge in [0.1, 0.15) is 4.90 Å². The minimum absolute atomic E-state index is 0.0451. The van der Waals surface area contributed by atoms with Gasteiger partial charge in [-0.05, 0) is 61.6 Å². The van der Waals surface area contributed by atoms with Crippen LogP contribution in [0, 0.1) is 0 Å². The fraction of sp³-hybridized carbons (Fsp3) is 0.538. The van der Waals surface area contributed by atoms with E-state index in [9.17, 15) is 13.5 Å². The Labute approximate surface area is 218 Å². The highest BCUT2D eigenvalue weighted by atomic mass is 32.2. The van der Waals surface area contributed by atoms with Crippen LogP contribution >= 0.6 is 11.8 Å². The molecule has 0 spiro atoms. The molecule has 1 aliphatic heterocycles. The second-order valence-corrected chi connectivity index (χ2v) is 12.1. The van der Waals surface area contributed by atoms with Gasteiger partial charge in [-0.2, -0.15) is 0 Å². The molecule has 1 heterocycles. The second kappa shape index (κ2) is 12.3. The van der Waals surface area contributed by atoms with E-state index in [-0.39, 0.29) is 21.1 Å². The summed E-state index contributed by atoms with van der Waals surface area (Å²) < 4.78 is 54.3. The minimum Gasteiger partial charge on any atom is -0.493 e. The van der Waals surface area contributed by atoms with E-state index in [1.807, 2.05) is 25.1 Å². The van der Waals surface area contributed by atoms with Gasteiger partial charge in [0.25, 0.3) is 0 Å². The minimum atomic E-state index is -3.81. The lowest BCUT2D eigenvalue weighted by Gasteiger charge is -2.20. The first-order chi connectivity index (χ1) is 17.2. The molecule has 0 amide bonds. The lowest BCUT2D eigenvalue weighted by atomic mass is 10.0. The van der Waals surface area contributed by atoms with Crippen LogP contribution in [-0.2, 0) is 9.84 Å². The van der Waals surface area contributed by atoms with E-state index in [0.717, 1.165) is 30.4 Å². The molecule has 3 rings (SSSR count). The quantitative estimate of drug-likeness (QED) is 0.400. The maximum Gasteiger partial charge on any atom is 0.203 e. The molecule has 8 nitrogen and oxygen atoms in total. The lowest BCUT2D eigenvalue weighted by Crippen LogP contribution is -2.19. The second-order valence-electron chi connectivity index (χ2n) is 8.68. The van der Waals surface area contributed by atoms with Crippen molar-refractivity contribution in [2.75, 3.05) is 40.8 Å². The zero-order valence-corrected chi connectivity index (χ0v) is 23.3. The van der Waals surface area contributed by atoms with E-state index >= 15 is 0 Å². The predicted molar refractivity (Wildman–Crippen MR) is 141 cm³/mol. The molecule has 3 unspecified atom stereocenters. The molecule has 2 aromatic rings. The molecule has 2 aromatic carbocycles. The number of thioether (sulfide) groups is 1. The van der Waals surface area contributed by atoms with E-state index in [0.29, 0.717) is 29.6 Å². The number of benzene rings is 2. The van der Waals surface area contributed by atoms with Crippen molar-refractivity contribution in [3.63, 3.8) is 0 Å². The van der Waals surface area contributed by atoms with Crippen LogP contribution in [0.25, 0.3) is 0 Å². The molecule has 3 atom stereocenters. The Hall–Kier alpha value is -2.30. The maximum absolute atomic E-state index is 13.2. The predicted octanol–water partition coefficient (Wildman–Crippen LogP) is 4.97. The number of aliphatic hydroxyl groups is 1. The van der Waals surface area contributed by atoms with E-state index in [1.165, 1.54) is 14.0 Å². The Morgan fingerprint density at radius 3 is 1.83 bits per heavy atom. The monoisotopic (exact) mass is 540 g/mol. The third-order valence-electron chi connectivity index (χ3n) is 5.96. The molecule has 1 fully saturated rings. The van der Waals surface area contributed by atoms with Gasteiger partial charge in [0, 0.05) is 10.5 Å². The molecule has 36 heavy (non-hydrogen) atoms. The van der Waals surface area contributed by atoms with Crippen LogP contribution in [0.15, 0.2) is 29.2 Å². The molecule has 0 radical (unpaired) electrons. The number of sulfone groups is 1. The number of ether oxygens (including phenoxy) is 5. The molecular formula is C26H36O8S2. The van der Waals surface area contributed by atoms with Crippen molar-refractivity contribution in [2.45, 2.75) is 54.6 Å². The smallest absolute Gasteiger partial charge is 0.203 e. The van der Waals surface area contributed by atoms with Crippen LogP contribution < -0.4 is 23.7 Å². The van der Waals surface area contributed by atoms with Crippen molar-refractivity contribution in [3.8, 4) is 28.7 Å². The Balaban J connectivity index is 1.99. The Kier molecular flexibility index (Phi) is 9.66. The van der Waals surface area contributed by atoms with Crippen molar-refractivity contribution in [1.82, 2.24) is 0 Å². The number of hydrogen-bond donors (Lipinski definition) is 1. The van der Waals surface area contributed by atoms with Gasteiger partial charge in [-0.15, -0.1) is 11.8 Å². The van der Waals surface area contributed by atoms with Crippen LogP contribution in [-0.4, -0.2) is 60.4 Å². The molecule has 0 aliphatic carbocycles. The summed E-state index contributed by atoms with van der Waals surface area (Å²) in [6.45, 7) is 3.76. The van der Waals surface area contributed by atoms with Crippen molar-refractivity contribution in [2.24, 2.45) is 0 Å². The highest BCUT2D eigenvalue weighted by Crippen LogP contribution is 2.55. The molecule has 0 bridgehead atoms. The summed E-state index contributed by atoms with van der Waals surface area (Å²) in [6, 6.07) is 7.46. The summed E-state index contributed by atoms with van der Waals surface area (Å²) in [5, 5.41) is 10.0. The van der Waals surface area contributed by atoms with E-state index in [4.69, 9.17) is 23.7 Å². The highest BCUT2D eigenvalue weighted by molar-refractivity contribution is 8.00. The zero-order chi connectivity index (χ0) is 26.5. The fourth-order valence-electron chi connectivity index (χ4n) is 4.33. The SMILES string of the molecule is CCCOc1c(OC)cc(C2CCC(c3cc(OC)c(OC)c(OC)c3)S2)cc1S(=O)(=O)CC(C)O. The molecular weight excluding hydrogens is 504 g/mol. The fourth-order valence-corrected chi connectivity index (χ4v) is 7.43. The number of methoxy groups -OCH3 is 4. The third-order valence-corrected chi connectivity index (χ3v) is 9.53. The first kappa shape index (κ1) is 28.3. The number of rotatable bonds is 12. The van der Waals surface area contributed by atoms with Gasteiger partial charge in [0.2, 0.25) is 5.75 Å². The first-order valence-electron chi connectivity index (χ1n) is 11.9. The highest BCUT2D eigenvalue weighted by Gasteiger charge is 2.33. The van der Waals surface area contributed by atoms with Crippen LogP contribution in [0.5, 0.6) is 28.7 Å². The summed E-state index contributed by atoms with van der Waals surface area (Å²) in [5.74, 6) is 1.93. The van der Waals surface area contributed by atoms with Crippen molar-refractivity contribution >= 4 is 21.6 Å². The summed E-state index contributed by atoms with van der Waals surface area (Å²) in [7, 11) is 2.46. The molecule has 200 valence electrons. The number of hydrogen-bond acceptors (Lipinski definition) is 9. The molecule has 0 aromatic heterocycles. The molecule has 1 aliphatic rings. The summed E-state index contributed by atoms with van der Waals surface area (Å²) in [6.07, 6.45) is 1.45. The summed E-state index contributed by atoms with van der Waals surface area (Å²) in [5.41, 5.74) is 1.90. The zero-order valence-electron chi connectivity index (χ0n) is 21.7. The largest absolute Gasteiger partial charge is 0.493 e. The van der Waals surface area contributed by atoms with Crippen molar-refractivity contribution in [1.29, 1.82) is 0 Å². The van der Waals surface area contributed by atoms with Crippen LogP contribution in [0.1, 0.15) is 54.7 Å². The van der Waals surface area contributed by atoms with Crippen LogP contribution in [0.2, 0.25) is 0 Å². The number of aliphatic hydroxyl groups excluding tert-OH is 1. The molecule has 10 heteroatoms. The van der Waals surface area contributed by atoms with Gasteiger partial charge in [-0.3, -0.25) is 0 Å². The van der Waals surface area contributed by atoms with Gasteiger partial charge in [-0.25, -0.2) is 8.42 Å². The average molecular weight is 541 g/mol. The van der Waals surface area contributed by atoms with Crippen LogP contribution in [0.4, 0.5) is 0 Å². The van der Waals surface area contributed by atoms with E-state index in [2.05, 4.69) is 0 Å². The molecule has 1 N–H and O–H groups in total. The average Bonchev–Trinajstić information content (AvgIpc) is 3.35. The van der Waals surface area contributed by atoms with Crippen molar-refractivity contribution in [3.05, 3.63) is 35.4 Å². The third kappa shape index (κ3) is 6.15. The van der Waals surface area contributed by atoms with Gasteiger partial charge in [0.05, 0.1) is 46.9 Å². The van der Waals surface area contributed by atoms with Crippen molar-refractivity contribution < 1.29 is 37.2 Å². The standard InChI is InChI=1S/C26H36O8S2/c1-7-10-34-26-21(32-5)13-18(14-24(26)36(28,29)15-16(2)27)23-9-8-22(35-23)17-11-19(30-3)25(33-6)20(12-17)31-4/h11-14,16,22-23,27H,7-10,15H2,1-6H3. The maximum atomic E-state index is 13.2. The first-order valence-corrected chi connectivity index (χ1v) is 14.5. The molecule has 0 saturated carbocycles. The molecule has 1 saturated heterocycles. The van der Waals surface area contributed by atoms with Gasteiger partial charge in [0.15, 0.2) is 32.8 Å². The van der Waals surface area contributed by atoms with E-state index < -0.39 is 21.7 Å². The topological polar surface area (TPSA) is 101 Å². The van der Waals surface area contributed by atoms with E-state index in [1.54, 1.807) is 39.2 Å². The summed E-state index contributed by atoms with van der Waals surface area (Å²) in [4.78, 5) is 0.0584. The van der Waals surface area contributed by atoms with Gasteiger partial charge in [-0.1, -0.05) is 6.92 Å². The van der Waals surface area contributed by atoms with Gasteiger partial charge < -0.3 is 28.8 Å². The van der Waals surface area contributed by atoms with Gasteiger partial charge >= 0.3 is 0 Å². The lowest BCUT2D eigenvalue weighted by molar-refractivity contribution is 0.218.